The van der Waals surface area contributed by atoms with E-state index < -0.39 is 17.8 Å². The molecule has 0 spiro atoms. The Kier molecular flexibility index (Phi) is 6.62. The van der Waals surface area contributed by atoms with Crippen molar-refractivity contribution in [1.29, 1.82) is 0 Å². The van der Waals surface area contributed by atoms with E-state index in [2.05, 4.69) is 21.2 Å². The van der Waals surface area contributed by atoms with Gasteiger partial charge in [0.1, 0.15) is 16.5 Å². The summed E-state index contributed by atoms with van der Waals surface area (Å²) in [6, 6.07) is 20.4. The van der Waals surface area contributed by atoms with Gasteiger partial charge >= 0.3 is 5.97 Å². The summed E-state index contributed by atoms with van der Waals surface area (Å²) in [6.07, 6.45) is 0.901. The van der Waals surface area contributed by atoms with E-state index in [1.54, 1.807) is 60.7 Å². The van der Waals surface area contributed by atoms with Crippen molar-refractivity contribution in [2.24, 2.45) is 0 Å². The molecule has 6 nitrogen and oxygen atoms in total. The molecule has 3 aromatic carbocycles. The molecule has 1 N–H and O–H groups in total. The predicted molar refractivity (Wildman–Crippen MR) is 130 cm³/mol. The van der Waals surface area contributed by atoms with Gasteiger partial charge < -0.3 is 10.1 Å². The minimum atomic E-state index is -0.610. The average Bonchev–Trinajstić information content (AvgIpc) is 3.04. The average molecular weight is 526 g/mol. The van der Waals surface area contributed by atoms with Crippen LogP contribution in [0.5, 0.6) is 5.75 Å². The SMILES string of the molecule is CCc1ccc(OC(=O)c2ccc(NC3=C(Cl)C(=O)N(c4ccc(Br)cc4)C3=O)cc2)cc1. The Morgan fingerprint density at radius 1 is 0.939 bits per heavy atom. The zero-order valence-corrected chi connectivity index (χ0v) is 19.8. The standard InChI is InChI=1S/C25H18BrClN2O4/c1-2-15-3-13-20(14-4-15)33-25(32)16-5-9-18(10-6-16)28-22-21(27)23(30)29(24(22)31)19-11-7-17(26)8-12-19/h3-14,28H,2H2,1H3. The van der Waals surface area contributed by atoms with Gasteiger partial charge in [0, 0.05) is 10.2 Å². The van der Waals surface area contributed by atoms with Gasteiger partial charge in [-0.25, -0.2) is 9.69 Å². The molecule has 0 atom stereocenters. The molecule has 3 aromatic rings. The van der Waals surface area contributed by atoms with Gasteiger partial charge in [0.15, 0.2) is 0 Å². The van der Waals surface area contributed by atoms with Crippen molar-refractivity contribution < 1.29 is 19.1 Å². The number of hydrogen-bond donors (Lipinski definition) is 1. The van der Waals surface area contributed by atoms with Gasteiger partial charge in [0.05, 0.1) is 11.3 Å². The minimum absolute atomic E-state index is 0.0316. The normalized spacial score (nSPS) is 13.5. The molecule has 33 heavy (non-hydrogen) atoms. The van der Waals surface area contributed by atoms with Crippen molar-refractivity contribution in [3.8, 4) is 5.75 Å². The predicted octanol–water partition coefficient (Wildman–Crippen LogP) is 5.67. The maximum absolute atomic E-state index is 12.9. The van der Waals surface area contributed by atoms with Crippen molar-refractivity contribution in [3.05, 3.63) is 99.1 Å². The molecule has 2 amide bonds. The second-order valence-corrected chi connectivity index (χ2v) is 8.49. The molecule has 1 heterocycles. The molecule has 0 unspecified atom stereocenters. The summed E-state index contributed by atoms with van der Waals surface area (Å²) in [5.74, 6) is -1.22. The van der Waals surface area contributed by atoms with E-state index in [4.69, 9.17) is 16.3 Å². The fraction of sp³-hybridized carbons (Fsp3) is 0.0800. The van der Waals surface area contributed by atoms with Crippen LogP contribution in [0.1, 0.15) is 22.8 Å². The number of aryl methyl sites for hydroxylation is 1. The molecule has 8 heteroatoms. The lowest BCUT2D eigenvalue weighted by Gasteiger charge is -2.15. The first-order valence-corrected chi connectivity index (χ1v) is 11.3. The van der Waals surface area contributed by atoms with E-state index in [0.717, 1.165) is 21.4 Å². The smallest absolute Gasteiger partial charge is 0.343 e. The number of carbonyl (C=O) groups is 3. The molecule has 4 rings (SSSR count). The number of hydrogen-bond acceptors (Lipinski definition) is 5. The highest BCUT2D eigenvalue weighted by Gasteiger charge is 2.38. The van der Waals surface area contributed by atoms with Crippen molar-refractivity contribution >= 4 is 56.7 Å². The number of nitrogens with zero attached hydrogens (tertiary/aromatic N) is 1. The lowest BCUT2D eigenvalue weighted by molar-refractivity contribution is -0.120. The quantitative estimate of drug-likeness (QED) is 0.255. The molecule has 0 bridgehead atoms. The van der Waals surface area contributed by atoms with Gasteiger partial charge in [0.25, 0.3) is 11.8 Å². The van der Waals surface area contributed by atoms with Crippen LogP contribution in [0.3, 0.4) is 0 Å². The Morgan fingerprint density at radius 2 is 1.58 bits per heavy atom. The lowest BCUT2D eigenvalue weighted by atomic mass is 10.1. The summed E-state index contributed by atoms with van der Waals surface area (Å²) < 4.78 is 6.21. The molecule has 0 aliphatic carbocycles. The van der Waals surface area contributed by atoms with Crippen LogP contribution in [-0.4, -0.2) is 17.8 Å². The number of anilines is 2. The summed E-state index contributed by atoms with van der Waals surface area (Å²) in [6.45, 7) is 2.05. The second kappa shape index (κ2) is 9.60. The number of nitrogens with one attached hydrogen (secondary N) is 1. The van der Waals surface area contributed by atoms with Gasteiger partial charge in [0.2, 0.25) is 0 Å². The molecule has 1 aliphatic heterocycles. The third-order valence-electron chi connectivity index (χ3n) is 5.04. The van der Waals surface area contributed by atoms with Gasteiger partial charge in [-0.1, -0.05) is 46.6 Å². The Bertz CT molecular complexity index is 1250. The minimum Gasteiger partial charge on any atom is -0.423 e. The molecule has 1 aliphatic rings. The van der Waals surface area contributed by atoms with E-state index in [0.29, 0.717) is 22.7 Å². The van der Waals surface area contributed by atoms with Crippen molar-refractivity contribution in [1.82, 2.24) is 0 Å². The van der Waals surface area contributed by atoms with Gasteiger partial charge in [-0.15, -0.1) is 0 Å². The molecule has 0 radical (unpaired) electrons. The third kappa shape index (κ3) is 4.84. The monoisotopic (exact) mass is 524 g/mol. The van der Waals surface area contributed by atoms with Crippen molar-refractivity contribution in [2.45, 2.75) is 13.3 Å². The summed E-state index contributed by atoms with van der Waals surface area (Å²) >= 11 is 9.49. The maximum Gasteiger partial charge on any atom is 0.343 e. The number of carbonyl (C=O) groups excluding carboxylic acids is 3. The zero-order valence-electron chi connectivity index (χ0n) is 17.5. The van der Waals surface area contributed by atoms with E-state index in [1.807, 2.05) is 19.1 Å². The summed E-state index contributed by atoms with van der Waals surface area (Å²) in [7, 11) is 0. The maximum atomic E-state index is 12.9. The Hall–Kier alpha value is -3.42. The van der Waals surface area contributed by atoms with Crippen LogP contribution in [0.25, 0.3) is 0 Å². The molecule has 0 saturated carbocycles. The van der Waals surface area contributed by atoms with Crippen LogP contribution in [0.2, 0.25) is 0 Å². The molecule has 0 aromatic heterocycles. The molecular formula is C25H18BrClN2O4. The van der Waals surface area contributed by atoms with Gasteiger partial charge in [-0.2, -0.15) is 0 Å². The largest absolute Gasteiger partial charge is 0.423 e. The Labute approximate surface area is 203 Å². The van der Waals surface area contributed by atoms with Crippen molar-refractivity contribution in [3.63, 3.8) is 0 Å². The summed E-state index contributed by atoms with van der Waals surface area (Å²) in [4.78, 5) is 38.8. The van der Waals surface area contributed by atoms with Gasteiger partial charge in [-0.3, -0.25) is 9.59 Å². The summed E-state index contributed by atoms with van der Waals surface area (Å²) in [5.41, 5.74) is 2.36. The van der Waals surface area contributed by atoms with E-state index in [-0.39, 0.29) is 10.7 Å². The lowest BCUT2D eigenvalue weighted by Crippen LogP contribution is -2.32. The van der Waals surface area contributed by atoms with Crippen molar-refractivity contribution in [2.75, 3.05) is 10.2 Å². The van der Waals surface area contributed by atoms with Crippen LogP contribution in [0.15, 0.2) is 88.0 Å². The zero-order chi connectivity index (χ0) is 23.5. The number of imide groups is 1. The molecule has 0 fully saturated rings. The number of esters is 1. The highest BCUT2D eigenvalue weighted by molar-refractivity contribution is 9.10. The van der Waals surface area contributed by atoms with E-state index >= 15 is 0 Å². The van der Waals surface area contributed by atoms with Crippen LogP contribution < -0.4 is 15.0 Å². The molecule has 166 valence electrons. The number of benzene rings is 3. The fourth-order valence-corrected chi connectivity index (χ4v) is 3.71. The Morgan fingerprint density at radius 3 is 2.18 bits per heavy atom. The van der Waals surface area contributed by atoms with E-state index in [9.17, 15) is 14.4 Å². The first-order chi connectivity index (χ1) is 15.9. The van der Waals surface area contributed by atoms with Crippen LogP contribution >= 0.6 is 27.5 Å². The number of amides is 2. The number of rotatable bonds is 6. The van der Waals surface area contributed by atoms with Gasteiger partial charge in [-0.05, 0) is 72.6 Å². The summed E-state index contributed by atoms with van der Waals surface area (Å²) in [5, 5.41) is 2.68. The van der Waals surface area contributed by atoms with E-state index in [1.165, 1.54) is 0 Å². The second-order valence-electron chi connectivity index (χ2n) is 7.20. The highest BCUT2D eigenvalue weighted by Crippen LogP contribution is 2.31. The first-order valence-electron chi connectivity index (χ1n) is 10.1. The highest BCUT2D eigenvalue weighted by atomic mass is 79.9. The fourth-order valence-electron chi connectivity index (χ4n) is 3.23. The Balaban J connectivity index is 1.45. The number of halogens is 2. The third-order valence-corrected chi connectivity index (χ3v) is 5.92. The molecule has 0 saturated heterocycles. The van der Waals surface area contributed by atoms with Crippen LogP contribution in [0.4, 0.5) is 11.4 Å². The topological polar surface area (TPSA) is 75.7 Å². The molecular weight excluding hydrogens is 508 g/mol. The first kappa shape index (κ1) is 22.8. The van der Waals surface area contributed by atoms with Crippen LogP contribution in [0, 0.1) is 0 Å². The van der Waals surface area contributed by atoms with Crippen LogP contribution in [-0.2, 0) is 16.0 Å². The number of ether oxygens (including phenoxy) is 1.